The minimum absolute atomic E-state index is 0.00965. The van der Waals surface area contributed by atoms with Crippen molar-refractivity contribution >= 4 is 22.3 Å². The molecule has 2 aromatic heterocycles. The molecule has 2 amide bonds. The third-order valence-corrected chi connectivity index (χ3v) is 5.54. The predicted octanol–water partition coefficient (Wildman–Crippen LogP) is 2.94. The molecule has 0 fully saturated rings. The monoisotopic (exact) mass is 371 g/mol. The van der Waals surface area contributed by atoms with E-state index in [0.717, 1.165) is 34.8 Å². The number of methoxy groups -OCH3 is 1. The highest BCUT2D eigenvalue weighted by molar-refractivity contribution is 7.17. The summed E-state index contributed by atoms with van der Waals surface area (Å²) < 4.78 is 7.13. The van der Waals surface area contributed by atoms with Crippen molar-refractivity contribution < 1.29 is 9.53 Å². The SMILES string of the molecule is CCCNC(=O)N1CCc2c(sc3nc(-c4ccc(OC)cc4)nn23)C1. The molecule has 7 nitrogen and oxygen atoms in total. The van der Waals surface area contributed by atoms with Gasteiger partial charge in [-0.2, -0.15) is 4.98 Å². The molecule has 0 saturated carbocycles. The minimum Gasteiger partial charge on any atom is -0.497 e. The number of hydrogen-bond donors (Lipinski definition) is 1. The van der Waals surface area contributed by atoms with Crippen molar-refractivity contribution in [2.45, 2.75) is 26.3 Å². The Bertz CT molecular complexity index is 931. The fraction of sp³-hybridized carbons (Fsp3) is 0.389. The molecule has 3 heterocycles. The maximum atomic E-state index is 12.2. The van der Waals surface area contributed by atoms with Crippen LogP contribution in [0.3, 0.4) is 0 Å². The fourth-order valence-corrected chi connectivity index (χ4v) is 4.19. The van der Waals surface area contributed by atoms with Gasteiger partial charge in [0.1, 0.15) is 5.75 Å². The Hall–Kier alpha value is -2.61. The van der Waals surface area contributed by atoms with Crippen LogP contribution in [0, 0.1) is 0 Å². The first-order chi connectivity index (χ1) is 12.7. The first-order valence-electron chi connectivity index (χ1n) is 8.74. The largest absolute Gasteiger partial charge is 0.497 e. The van der Waals surface area contributed by atoms with Crippen LogP contribution in [-0.4, -0.2) is 45.7 Å². The van der Waals surface area contributed by atoms with Crippen LogP contribution < -0.4 is 10.1 Å². The summed E-state index contributed by atoms with van der Waals surface area (Å²) in [6.07, 6.45) is 1.73. The van der Waals surface area contributed by atoms with Gasteiger partial charge in [-0.05, 0) is 30.7 Å². The van der Waals surface area contributed by atoms with Gasteiger partial charge in [0.15, 0.2) is 5.82 Å². The van der Waals surface area contributed by atoms with Crippen LogP contribution in [0.4, 0.5) is 4.79 Å². The second-order valence-electron chi connectivity index (χ2n) is 6.23. The zero-order chi connectivity index (χ0) is 18.1. The Kier molecular flexibility index (Phi) is 4.50. The van der Waals surface area contributed by atoms with Crippen molar-refractivity contribution in [2.24, 2.45) is 0 Å². The zero-order valence-corrected chi connectivity index (χ0v) is 15.7. The van der Waals surface area contributed by atoms with Crippen LogP contribution in [0.15, 0.2) is 24.3 Å². The average molecular weight is 371 g/mol. The third kappa shape index (κ3) is 3.01. The molecule has 0 radical (unpaired) electrons. The molecule has 0 unspecified atom stereocenters. The number of rotatable bonds is 4. The second-order valence-corrected chi connectivity index (χ2v) is 7.30. The van der Waals surface area contributed by atoms with E-state index in [1.807, 2.05) is 33.7 Å². The lowest BCUT2D eigenvalue weighted by molar-refractivity contribution is 0.192. The summed E-state index contributed by atoms with van der Waals surface area (Å²) in [4.78, 5) is 20.8. The molecule has 1 aliphatic rings. The summed E-state index contributed by atoms with van der Waals surface area (Å²) >= 11 is 1.61. The summed E-state index contributed by atoms with van der Waals surface area (Å²) in [6.45, 7) is 4.09. The van der Waals surface area contributed by atoms with E-state index in [4.69, 9.17) is 4.74 Å². The highest BCUT2D eigenvalue weighted by atomic mass is 32.1. The van der Waals surface area contributed by atoms with Crippen LogP contribution >= 0.6 is 11.3 Å². The van der Waals surface area contributed by atoms with Gasteiger partial charge in [-0.3, -0.25) is 0 Å². The number of benzene rings is 1. The van der Waals surface area contributed by atoms with Crippen LogP contribution in [0.1, 0.15) is 23.9 Å². The third-order valence-electron chi connectivity index (χ3n) is 4.48. The van der Waals surface area contributed by atoms with E-state index in [0.29, 0.717) is 25.5 Å². The summed E-state index contributed by atoms with van der Waals surface area (Å²) in [7, 11) is 1.65. The molecule has 0 atom stereocenters. The van der Waals surface area contributed by atoms with Crippen LogP contribution in [-0.2, 0) is 13.0 Å². The Morgan fingerprint density at radius 3 is 2.88 bits per heavy atom. The number of aromatic nitrogens is 3. The van der Waals surface area contributed by atoms with Gasteiger partial charge in [-0.1, -0.05) is 18.3 Å². The molecular formula is C18H21N5O2S. The second kappa shape index (κ2) is 6.95. The lowest BCUT2D eigenvalue weighted by Gasteiger charge is -2.26. The molecule has 1 N–H and O–H groups in total. The summed E-state index contributed by atoms with van der Waals surface area (Å²) in [5.41, 5.74) is 2.13. The molecule has 1 aromatic carbocycles. The number of nitrogens with zero attached hydrogens (tertiary/aromatic N) is 4. The molecule has 3 aromatic rings. The maximum absolute atomic E-state index is 12.2. The summed E-state index contributed by atoms with van der Waals surface area (Å²) in [6, 6.07) is 7.75. The van der Waals surface area contributed by atoms with Gasteiger partial charge < -0.3 is 15.0 Å². The number of thiazole rings is 1. The van der Waals surface area contributed by atoms with E-state index >= 15 is 0 Å². The van der Waals surface area contributed by atoms with Gasteiger partial charge in [0.25, 0.3) is 0 Å². The van der Waals surface area contributed by atoms with Gasteiger partial charge in [0, 0.05) is 30.0 Å². The standard InChI is InChI=1S/C18H21N5O2S/c1-3-9-19-17(24)22-10-8-14-15(11-22)26-18-20-16(21-23(14)18)12-4-6-13(25-2)7-5-12/h4-7H,3,8-11H2,1-2H3,(H,19,24). The van der Waals surface area contributed by atoms with Gasteiger partial charge in [-0.25, -0.2) is 9.31 Å². The fourth-order valence-electron chi connectivity index (χ4n) is 3.07. The van der Waals surface area contributed by atoms with Crippen molar-refractivity contribution in [3.63, 3.8) is 0 Å². The Morgan fingerprint density at radius 1 is 1.35 bits per heavy atom. The Morgan fingerprint density at radius 2 is 2.15 bits per heavy atom. The average Bonchev–Trinajstić information content (AvgIpc) is 3.23. The van der Waals surface area contributed by atoms with Crippen molar-refractivity contribution in [3.05, 3.63) is 34.8 Å². The normalized spacial score (nSPS) is 13.7. The highest BCUT2D eigenvalue weighted by Crippen LogP contribution is 2.30. The first kappa shape index (κ1) is 16.8. The maximum Gasteiger partial charge on any atom is 0.317 e. The number of nitrogens with one attached hydrogen (secondary N) is 1. The topological polar surface area (TPSA) is 71.8 Å². The summed E-state index contributed by atoms with van der Waals surface area (Å²) in [5, 5.41) is 7.63. The Balaban J connectivity index is 1.57. The van der Waals surface area contributed by atoms with E-state index in [9.17, 15) is 4.79 Å². The smallest absolute Gasteiger partial charge is 0.317 e. The zero-order valence-electron chi connectivity index (χ0n) is 14.9. The lowest BCUT2D eigenvalue weighted by atomic mass is 10.2. The van der Waals surface area contributed by atoms with Crippen LogP contribution in [0.5, 0.6) is 5.75 Å². The molecule has 4 rings (SSSR count). The molecular weight excluding hydrogens is 350 g/mol. The summed E-state index contributed by atoms with van der Waals surface area (Å²) in [5.74, 6) is 1.53. The molecule has 0 spiro atoms. The highest BCUT2D eigenvalue weighted by Gasteiger charge is 2.26. The molecule has 0 aliphatic carbocycles. The molecule has 1 aliphatic heterocycles. The van der Waals surface area contributed by atoms with Gasteiger partial charge in [0.05, 0.1) is 19.3 Å². The van der Waals surface area contributed by atoms with E-state index in [1.165, 1.54) is 4.88 Å². The van der Waals surface area contributed by atoms with Crippen molar-refractivity contribution in [3.8, 4) is 17.1 Å². The van der Waals surface area contributed by atoms with E-state index in [1.54, 1.807) is 18.4 Å². The number of amides is 2. The van der Waals surface area contributed by atoms with Crippen molar-refractivity contribution in [1.29, 1.82) is 0 Å². The molecule has 0 saturated heterocycles. The Labute approximate surface area is 155 Å². The number of carbonyl (C=O) groups is 1. The first-order valence-corrected chi connectivity index (χ1v) is 9.55. The quantitative estimate of drug-likeness (QED) is 0.765. The molecule has 26 heavy (non-hydrogen) atoms. The number of urea groups is 1. The minimum atomic E-state index is 0.00965. The van der Waals surface area contributed by atoms with Gasteiger partial charge >= 0.3 is 6.03 Å². The number of carbonyl (C=O) groups excluding carboxylic acids is 1. The number of hydrogen-bond acceptors (Lipinski definition) is 5. The number of fused-ring (bicyclic) bond motifs is 3. The lowest BCUT2D eigenvalue weighted by Crippen LogP contribution is -2.42. The van der Waals surface area contributed by atoms with Gasteiger partial charge in [-0.15, -0.1) is 5.10 Å². The van der Waals surface area contributed by atoms with E-state index in [2.05, 4.69) is 22.3 Å². The van der Waals surface area contributed by atoms with E-state index in [-0.39, 0.29) is 6.03 Å². The van der Waals surface area contributed by atoms with E-state index < -0.39 is 0 Å². The molecule has 8 heteroatoms. The van der Waals surface area contributed by atoms with Crippen molar-refractivity contribution in [1.82, 2.24) is 24.8 Å². The van der Waals surface area contributed by atoms with Crippen LogP contribution in [0.25, 0.3) is 16.3 Å². The van der Waals surface area contributed by atoms with Gasteiger partial charge in [0.2, 0.25) is 4.96 Å². The van der Waals surface area contributed by atoms with Crippen molar-refractivity contribution in [2.75, 3.05) is 20.2 Å². The molecule has 0 bridgehead atoms. The molecule has 136 valence electrons. The number of ether oxygens (including phenoxy) is 1. The van der Waals surface area contributed by atoms with Crippen LogP contribution in [0.2, 0.25) is 0 Å². The predicted molar refractivity (Wildman–Crippen MR) is 101 cm³/mol.